The van der Waals surface area contributed by atoms with E-state index >= 15 is 0 Å². The fourth-order valence-electron chi connectivity index (χ4n) is 4.44. The topological polar surface area (TPSA) is 65.0 Å². The molecular weight excluding hydrogens is 456 g/mol. The number of halogens is 1. The summed E-state index contributed by atoms with van der Waals surface area (Å²) in [5, 5.41) is 5.40. The summed E-state index contributed by atoms with van der Waals surface area (Å²) in [4.78, 5) is 4.62. The van der Waals surface area contributed by atoms with Gasteiger partial charge in [0.15, 0.2) is 0 Å². The molecule has 3 aromatic rings. The Kier molecular flexibility index (Phi) is 6.74. The normalized spacial score (nSPS) is 19.6. The zero-order valence-electron chi connectivity index (χ0n) is 18.8. The van der Waals surface area contributed by atoms with Crippen LogP contribution in [0.15, 0.2) is 88.8 Å². The number of hydrazine groups is 1. The van der Waals surface area contributed by atoms with Gasteiger partial charge in [-0.2, -0.15) is 0 Å². The molecule has 1 fully saturated rings. The fourth-order valence-corrected chi connectivity index (χ4v) is 6.46. The number of benzene rings is 3. The second-order valence-electron chi connectivity index (χ2n) is 7.94. The average molecular weight is 483 g/mol. The highest BCUT2D eigenvalue weighted by atomic mass is 35.5. The Morgan fingerprint density at radius 3 is 2.21 bits per heavy atom. The fraction of sp³-hybridized carbons (Fsp3) is 0.240. The van der Waals surface area contributed by atoms with E-state index in [9.17, 15) is 8.42 Å². The minimum absolute atomic E-state index is 0.128. The maximum atomic E-state index is 14.2. The van der Waals surface area contributed by atoms with Crippen LogP contribution in [-0.4, -0.2) is 44.4 Å². The van der Waals surface area contributed by atoms with Crippen LogP contribution in [-0.2, 0) is 10.0 Å². The molecule has 1 saturated heterocycles. The van der Waals surface area contributed by atoms with Crippen LogP contribution in [0.5, 0.6) is 0 Å². The van der Waals surface area contributed by atoms with Crippen molar-refractivity contribution in [3.63, 3.8) is 0 Å². The van der Waals surface area contributed by atoms with E-state index in [-0.39, 0.29) is 10.8 Å². The number of aryl methyl sites for hydroxylation is 1. The summed E-state index contributed by atoms with van der Waals surface area (Å²) >= 11 is 6.17. The summed E-state index contributed by atoms with van der Waals surface area (Å²) in [6.45, 7) is 2.25. The molecule has 0 saturated carbocycles. The number of hydrogen-bond donors (Lipinski definition) is 1. The Morgan fingerprint density at radius 1 is 0.970 bits per heavy atom. The first kappa shape index (κ1) is 23.3. The molecule has 1 N–H and O–H groups in total. The van der Waals surface area contributed by atoms with Crippen molar-refractivity contribution >= 4 is 27.6 Å². The summed E-state index contributed by atoms with van der Waals surface area (Å²) in [5.41, 5.74) is 2.60. The molecule has 172 valence electrons. The van der Waals surface area contributed by atoms with Gasteiger partial charge in [0.05, 0.1) is 10.9 Å². The van der Waals surface area contributed by atoms with Crippen LogP contribution in [0.2, 0.25) is 5.02 Å². The molecule has 8 heteroatoms. The summed E-state index contributed by atoms with van der Waals surface area (Å²) in [6.07, 6.45) is 0. The highest BCUT2D eigenvalue weighted by molar-refractivity contribution is 7.89. The van der Waals surface area contributed by atoms with Crippen LogP contribution in [0.25, 0.3) is 0 Å². The van der Waals surface area contributed by atoms with E-state index in [4.69, 9.17) is 11.6 Å². The smallest absolute Gasteiger partial charge is 0.260 e. The standard InChI is InChI=1S/C25H27ClN4O2S/c1-18-9-7-8-12-23(18)33(31,32)30-24(20-13-15-21(26)16-14-20)22(19-10-5-4-6-11-19)17-29(30)25(27-2)28-3/h4-16,22,24H,17H2,1-3H3,(H,27,28). The van der Waals surface area contributed by atoms with Gasteiger partial charge in [0.25, 0.3) is 10.0 Å². The van der Waals surface area contributed by atoms with E-state index in [0.717, 1.165) is 11.1 Å². The molecule has 1 aliphatic heterocycles. The average Bonchev–Trinajstić information content (AvgIpc) is 3.22. The largest absolute Gasteiger partial charge is 0.358 e. The van der Waals surface area contributed by atoms with E-state index in [1.807, 2.05) is 61.5 Å². The van der Waals surface area contributed by atoms with Crippen molar-refractivity contribution in [1.82, 2.24) is 14.7 Å². The predicted molar refractivity (Wildman–Crippen MR) is 133 cm³/mol. The van der Waals surface area contributed by atoms with Crippen molar-refractivity contribution in [2.24, 2.45) is 4.99 Å². The quantitative estimate of drug-likeness (QED) is 0.436. The van der Waals surface area contributed by atoms with Gasteiger partial charge < -0.3 is 5.32 Å². The molecule has 6 nitrogen and oxygen atoms in total. The Hall–Kier alpha value is -2.87. The summed E-state index contributed by atoms with van der Waals surface area (Å²) in [6, 6.07) is 24.0. The Balaban J connectivity index is 1.96. The number of hydrogen-bond acceptors (Lipinski definition) is 3. The number of aliphatic imine (C=N–C) groups is 1. The van der Waals surface area contributed by atoms with Crippen LogP contribution in [0.3, 0.4) is 0 Å². The highest BCUT2D eigenvalue weighted by Gasteiger charge is 2.49. The first-order chi connectivity index (χ1) is 15.9. The number of nitrogens with zero attached hydrogens (tertiary/aromatic N) is 3. The zero-order valence-corrected chi connectivity index (χ0v) is 20.4. The molecule has 2 atom stereocenters. The first-order valence-electron chi connectivity index (χ1n) is 10.7. The van der Waals surface area contributed by atoms with Gasteiger partial charge in [-0.05, 0) is 41.8 Å². The SMILES string of the molecule is CN=C(NC)N1CC(c2ccccc2)C(c2ccc(Cl)cc2)N1S(=O)(=O)c1ccccc1C. The second kappa shape index (κ2) is 9.55. The summed E-state index contributed by atoms with van der Waals surface area (Å²) in [7, 11) is -0.532. The van der Waals surface area contributed by atoms with Crippen LogP contribution in [0.1, 0.15) is 28.7 Å². The Bertz CT molecular complexity index is 1250. The summed E-state index contributed by atoms with van der Waals surface area (Å²) < 4.78 is 29.9. The Morgan fingerprint density at radius 2 is 1.61 bits per heavy atom. The lowest BCUT2D eigenvalue weighted by Gasteiger charge is -2.33. The first-order valence-corrected chi connectivity index (χ1v) is 12.5. The number of sulfonamides is 1. The third-order valence-corrected chi connectivity index (χ3v) is 8.15. The molecule has 0 bridgehead atoms. The van der Waals surface area contributed by atoms with Crippen molar-refractivity contribution in [3.05, 3.63) is 101 Å². The lowest BCUT2D eigenvalue weighted by molar-refractivity contribution is 0.173. The molecule has 0 radical (unpaired) electrons. The van der Waals surface area contributed by atoms with Gasteiger partial charge in [-0.1, -0.05) is 76.7 Å². The van der Waals surface area contributed by atoms with Crippen LogP contribution in [0.4, 0.5) is 0 Å². The van der Waals surface area contributed by atoms with Gasteiger partial charge in [-0.3, -0.25) is 10.0 Å². The van der Waals surface area contributed by atoms with Gasteiger partial charge in [-0.15, -0.1) is 0 Å². The van der Waals surface area contributed by atoms with E-state index in [2.05, 4.69) is 10.3 Å². The summed E-state index contributed by atoms with van der Waals surface area (Å²) in [5.74, 6) is 0.348. The van der Waals surface area contributed by atoms with Crippen LogP contribution in [0, 0.1) is 6.92 Å². The highest BCUT2D eigenvalue weighted by Crippen LogP contribution is 2.46. The molecule has 4 rings (SSSR count). The van der Waals surface area contributed by atoms with Crippen molar-refractivity contribution < 1.29 is 8.42 Å². The van der Waals surface area contributed by atoms with Gasteiger partial charge in [0, 0.05) is 31.6 Å². The molecule has 2 unspecified atom stereocenters. The second-order valence-corrected chi connectivity index (χ2v) is 10.1. The maximum Gasteiger partial charge on any atom is 0.260 e. The minimum atomic E-state index is -3.93. The number of guanidine groups is 1. The number of rotatable bonds is 4. The lowest BCUT2D eigenvalue weighted by atomic mass is 9.89. The molecule has 0 amide bonds. The molecule has 33 heavy (non-hydrogen) atoms. The van der Waals surface area contributed by atoms with E-state index in [1.165, 1.54) is 4.41 Å². The van der Waals surface area contributed by atoms with E-state index in [0.29, 0.717) is 23.1 Å². The monoisotopic (exact) mass is 482 g/mol. The molecule has 0 spiro atoms. The minimum Gasteiger partial charge on any atom is -0.358 e. The molecule has 3 aromatic carbocycles. The molecule has 1 aliphatic rings. The third kappa shape index (κ3) is 4.36. The zero-order chi connectivity index (χ0) is 23.6. The molecular formula is C25H27ClN4O2S. The van der Waals surface area contributed by atoms with Gasteiger partial charge in [0.2, 0.25) is 5.96 Å². The van der Waals surface area contributed by atoms with Gasteiger partial charge in [-0.25, -0.2) is 8.42 Å². The van der Waals surface area contributed by atoms with Crippen molar-refractivity contribution in [2.45, 2.75) is 23.8 Å². The van der Waals surface area contributed by atoms with Crippen molar-refractivity contribution in [1.29, 1.82) is 0 Å². The van der Waals surface area contributed by atoms with E-state index in [1.54, 1.807) is 43.4 Å². The Labute approximate surface area is 200 Å². The lowest BCUT2D eigenvalue weighted by Crippen LogP contribution is -2.49. The van der Waals surface area contributed by atoms with E-state index < -0.39 is 16.1 Å². The maximum absolute atomic E-state index is 14.2. The van der Waals surface area contributed by atoms with Gasteiger partial charge in [0.1, 0.15) is 0 Å². The third-order valence-electron chi connectivity index (χ3n) is 5.96. The van der Waals surface area contributed by atoms with Crippen LogP contribution < -0.4 is 5.32 Å². The van der Waals surface area contributed by atoms with Crippen molar-refractivity contribution in [2.75, 3.05) is 20.6 Å². The molecule has 0 aromatic heterocycles. The van der Waals surface area contributed by atoms with Crippen LogP contribution >= 0.6 is 11.6 Å². The van der Waals surface area contributed by atoms with Gasteiger partial charge >= 0.3 is 0 Å². The predicted octanol–water partition coefficient (Wildman–Crippen LogP) is 4.60. The molecule has 1 heterocycles. The number of nitrogens with one attached hydrogen (secondary N) is 1. The van der Waals surface area contributed by atoms with Crippen molar-refractivity contribution in [3.8, 4) is 0 Å². The molecule has 0 aliphatic carbocycles.